The van der Waals surface area contributed by atoms with Gasteiger partial charge in [0, 0.05) is 19.3 Å². The highest BCUT2D eigenvalue weighted by atomic mass is 35.5. The Balaban J connectivity index is 0.00000120. The molecule has 0 aromatic heterocycles. The number of rotatable bonds is 1. The zero-order chi connectivity index (χ0) is 11.7. The van der Waals surface area contributed by atoms with Gasteiger partial charge in [-0.05, 0) is 25.2 Å². The van der Waals surface area contributed by atoms with Gasteiger partial charge in [-0.15, -0.1) is 0 Å². The third-order valence-corrected chi connectivity index (χ3v) is 4.73. The molecule has 3 aliphatic rings. The van der Waals surface area contributed by atoms with Crippen molar-refractivity contribution in [1.82, 2.24) is 0 Å². The topological polar surface area (TPSA) is 35.1 Å². The van der Waals surface area contributed by atoms with Crippen LogP contribution in [0.3, 0.4) is 0 Å². The van der Waals surface area contributed by atoms with Crippen LogP contribution in [-0.4, -0.2) is 31.1 Å². The highest BCUT2D eigenvalue weighted by Gasteiger charge is 2.47. The predicted molar refractivity (Wildman–Crippen MR) is 65.6 cm³/mol. The fraction of sp³-hybridized carbons (Fsp3) is 1.00. The Morgan fingerprint density at radius 3 is 2.78 bits per heavy atom. The van der Waals surface area contributed by atoms with Gasteiger partial charge in [-0.1, -0.05) is 13.3 Å². The molecule has 0 aromatic rings. The molecule has 4 unspecified atom stereocenters. The Kier molecular flexibility index (Phi) is 4.92. The van der Waals surface area contributed by atoms with E-state index in [1.54, 1.807) is 0 Å². The maximum Gasteiger partial charge on any atom is 0.169 e. The zero-order valence-electron chi connectivity index (χ0n) is 11.4. The first kappa shape index (κ1) is 14.6. The number of piperidine rings is 1. The minimum atomic E-state index is -0.201. The number of halogens is 1. The van der Waals surface area contributed by atoms with Gasteiger partial charge in [0.1, 0.15) is 12.1 Å². The third kappa shape index (κ3) is 3.01. The molecule has 3 fully saturated rings. The molecule has 4 atom stereocenters. The third-order valence-electron chi connectivity index (χ3n) is 4.73. The molecule has 0 radical (unpaired) electrons. The number of quaternary nitrogens is 1. The molecule has 0 aromatic carbocycles. The van der Waals surface area contributed by atoms with Crippen molar-refractivity contribution in [3.05, 3.63) is 0 Å². The fourth-order valence-corrected chi connectivity index (χ4v) is 3.79. The Morgan fingerprint density at radius 2 is 2.06 bits per heavy atom. The smallest absolute Gasteiger partial charge is 0.169 e. The van der Waals surface area contributed by atoms with Crippen LogP contribution < -0.4 is 17.7 Å². The minimum absolute atomic E-state index is 0. The van der Waals surface area contributed by atoms with Crippen molar-refractivity contribution >= 4 is 0 Å². The maximum atomic E-state index is 6.35. The summed E-state index contributed by atoms with van der Waals surface area (Å²) < 4.78 is 12.4. The molecule has 106 valence electrons. The molecule has 1 aliphatic carbocycles. The molecule has 4 heteroatoms. The van der Waals surface area contributed by atoms with E-state index < -0.39 is 0 Å². The molecule has 18 heavy (non-hydrogen) atoms. The van der Waals surface area contributed by atoms with Gasteiger partial charge in [-0.2, -0.15) is 0 Å². The predicted octanol–water partition coefficient (Wildman–Crippen LogP) is -1.57. The van der Waals surface area contributed by atoms with Gasteiger partial charge < -0.3 is 27.2 Å². The van der Waals surface area contributed by atoms with Gasteiger partial charge in [0.15, 0.2) is 5.79 Å². The molecule has 2 aliphatic heterocycles. The Labute approximate surface area is 116 Å². The van der Waals surface area contributed by atoms with Gasteiger partial charge in [0.2, 0.25) is 0 Å². The first-order valence-electron chi connectivity index (χ1n) is 7.42. The summed E-state index contributed by atoms with van der Waals surface area (Å²) in [6.45, 7) is 4.43. The van der Waals surface area contributed by atoms with Crippen LogP contribution in [0.15, 0.2) is 0 Å². The highest BCUT2D eigenvalue weighted by Crippen LogP contribution is 2.40. The van der Waals surface area contributed by atoms with E-state index >= 15 is 0 Å². The monoisotopic (exact) mass is 275 g/mol. The molecule has 0 bridgehead atoms. The molecule has 1 saturated carbocycles. The van der Waals surface area contributed by atoms with Crippen LogP contribution in [0.4, 0.5) is 0 Å². The quantitative estimate of drug-likeness (QED) is 0.628. The van der Waals surface area contributed by atoms with E-state index in [4.69, 9.17) is 9.47 Å². The van der Waals surface area contributed by atoms with Crippen LogP contribution in [0, 0.1) is 5.92 Å². The van der Waals surface area contributed by atoms with E-state index in [0.717, 1.165) is 25.4 Å². The second-order valence-electron chi connectivity index (χ2n) is 6.26. The number of ether oxygens (including phenoxy) is 2. The van der Waals surface area contributed by atoms with Crippen LogP contribution in [0.5, 0.6) is 0 Å². The summed E-state index contributed by atoms with van der Waals surface area (Å²) in [7, 11) is 0. The van der Waals surface area contributed by atoms with Crippen LogP contribution in [0.1, 0.15) is 51.9 Å². The first-order valence-corrected chi connectivity index (χ1v) is 7.42. The first-order chi connectivity index (χ1) is 8.27. The van der Waals surface area contributed by atoms with Gasteiger partial charge in [0.25, 0.3) is 0 Å². The summed E-state index contributed by atoms with van der Waals surface area (Å²) >= 11 is 0. The Morgan fingerprint density at radius 1 is 1.17 bits per heavy atom. The summed E-state index contributed by atoms with van der Waals surface area (Å²) in [5, 5.41) is 2.48. The van der Waals surface area contributed by atoms with Crippen molar-refractivity contribution < 1.29 is 27.2 Å². The highest BCUT2D eigenvalue weighted by molar-refractivity contribution is 4.87. The van der Waals surface area contributed by atoms with Crippen LogP contribution in [0.2, 0.25) is 0 Å². The molecular weight excluding hydrogens is 250 g/mol. The molecule has 0 amide bonds. The molecule has 1 spiro atoms. The second-order valence-corrected chi connectivity index (χ2v) is 6.26. The van der Waals surface area contributed by atoms with Crippen LogP contribution in [-0.2, 0) is 9.47 Å². The standard InChI is InChI=1S/C14H25NO2.ClH/c1-11-5-4-7-14(9-11)16-10-13(17-14)12-6-2-3-8-15-12;/h11-13,15H,2-10H2,1H3;1H. The Bertz CT molecular complexity index is 271. The van der Waals surface area contributed by atoms with Crippen molar-refractivity contribution in [2.75, 3.05) is 13.2 Å². The second kappa shape index (κ2) is 6.08. The number of hydrogen-bond acceptors (Lipinski definition) is 2. The van der Waals surface area contributed by atoms with E-state index in [-0.39, 0.29) is 18.2 Å². The summed E-state index contributed by atoms with van der Waals surface area (Å²) in [5.41, 5.74) is 0. The van der Waals surface area contributed by atoms with Crippen molar-refractivity contribution in [3.8, 4) is 0 Å². The lowest BCUT2D eigenvalue weighted by atomic mass is 9.86. The van der Waals surface area contributed by atoms with Gasteiger partial charge >= 0.3 is 0 Å². The maximum absolute atomic E-state index is 6.35. The van der Waals surface area contributed by atoms with Gasteiger partial charge in [0.05, 0.1) is 13.2 Å². The van der Waals surface area contributed by atoms with E-state index in [1.165, 1.54) is 38.6 Å². The molecule has 3 nitrogen and oxygen atoms in total. The largest absolute Gasteiger partial charge is 1.00 e. The minimum Gasteiger partial charge on any atom is -1.00 e. The molecular formula is C14H26ClNO2. The van der Waals surface area contributed by atoms with Crippen molar-refractivity contribution in [2.24, 2.45) is 5.92 Å². The van der Waals surface area contributed by atoms with Crippen molar-refractivity contribution in [2.45, 2.75) is 69.8 Å². The van der Waals surface area contributed by atoms with Crippen molar-refractivity contribution in [3.63, 3.8) is 0 Å². The molecule has 3 rings (SSSR count). The molecule has 2 N–H and O–H groups in total. The SMILES string of the molecule is CC1CCCC2(C1)OCC(C1CCCC[NH2+]1)O2.[Cl-]. The lowest BCUT2D eigenvalue weighted by molar-refractivity contribution is -0.704. The van der Waals surface area contributed by atoms with E-state index in [1.807, 2.05) is 0 Å². The average molecular weight is 276 g/mol. The van der Waals surface area contributed by atoms with Crippen LogP contribution >= 0.6 is 0 Å². The van der Waals surface area contributed by atoms with Crippen molar-refractivity contribution in [1.29, 1.82) is 0 Å². The number of hydrogen-bond donors (Lipinski definition) is 1. The van der Waals surface area contributed by atoms with Gasteiger partial charge in [-0.25, -0.2) is 0 Å². The Hall–Kier alpha value is 0.170. The van der Waals surface area contributed by atoms with Gasteiger partial charge in [-0.3, -0.25) is 0 Å². The van der Waals surface area contributed by atoms with E-state index in [9.17, 15) is 0 Å². The molecule has 2 heterocycles. The molecule has 2 saturated heterocycles. The fourth-order valence-electron chi connectivity index (χ4n) is 3.79. The average Bonchev–Trinajstić information content (AvgIpc) is 2.74. The summed E-state index contributed by atoms with van der Waals surface area (Å²) in [6.07, 6.45) is 9.21. The van der Waals surface area contributed by atoms with E-state index in [0.29, 0.717) is 12.1 Å². The summed E-state index contributed by atoms with van der Waals surface area (Å²) in [5.74, 6) is 0.561. The zero-order valence-corrected chi connectivity index (χ0v) is 12.1. The normalized spacial score (nSPS) is 44.8. The van der Waals surface area contributed by atoms with E-state index in [2.05, 4.69) is 12.2 Å². The lowest BCUT2D eigenvalue weighted by Crippen LogP contribution is -3.00. The lowest BCUT2D eigenvalue weighted by Gasteiger charge is -2.35. The van der Waals surface area contributed by atoms with Crippen LogP contribution in [0.25, 0.3) is 0 Å². The number of nitrogens with two attached hydrogens (primary N) is 1. The summed E-state index contributed by atoms with van der Waals surface area (Å²) in [4.78, 5) is 0. The summed E-state index contributed by atoms with van der Waals surface area (Å²) in [6, 6.07) is 0.653.